The summed E-state index contributed by atoms with van der Waals surface area (Å²) in [6.45, 7) is 4.94. The van der Waals surface area contributed by atoms with Crippen molar-refractivity contribution >= 4 is 0 Å². The standard InChI is InChI=1S/C16H26O3/c1-4-6-7-11-19-15-10-9-13(12-16(15)18-3)14(17)8-5-2/h9-10,12,14,17H,4-8,11H2,1-3H3. The normalized spacial score (nSPS) is 12.2. The molecule has 1 rings (SSSR count). The summed E-state index contributed by atoms with van der Waals surface area (Å²) in [5, 5.41) is 9.98. The van der Waals surface area contributed by atoms with Crippen LogP contribution in [-0.2, 0) is 0 Å². The van der Waals surface area contributed by atoms with Gasteiger partial charge in [-0.3, -0.25) is 0 Å². The smallest absolute Gasteiger partial charge is 0.161 e. The van der Waals surface area contributed by atoms with Crippen LogP contribution < -0.4 is 9.47 Å². The molecule has 0 saturated carbocycles. The molecule has 0 saturated heterocycles. The summed E-state index contributed by atoms with van der Waals surface area (Å²) in [5.41, 5.74) is 0.889. The molecule has 1 atom stereocenters. The summed E-state index contributed by atoms with van der Waals surface area (Å²) in [7, 11) is 1.63. The van der Waals surface area contributed by atoms with Gasteiger partial charge in [-0.2, -0.15) is 0 Å². The van der Waals surface area contributed by atoms with Gasteiger partial charge in [-0.1, -0.05) is 39.2 Å². The predicted molar refractivity (Wildman–Crippen MR) is 77.9 cm³/mol. The first-order valence-corrected chi connectivity index (χ1v) is 7.21. The van der Waals surface area contributed by atoms with Gasteiger partial charge in [-0.15, -0.1) is 0 Å². The number of methoxy groups -OCH3 is 1. The minimum atomic E-state index is -0.423. The zero-order valence-electron chi connectivity index (χ0n) is 12.3. The molecule has 3 heteroatoms. The first-order chi connectivity index (χ1) is 9.22. The van der Waals surface area contributed by atoms with Crippen LogP contribution in [0, 0.1) is 0 Å². The summed E-state index contributed by atoms with van der Waals surface area (Å²) >= 11 is 0. The molecule has 3 nitrogen and oxygen atoms in total. The Bertz CT molecular complexity index is 363. The number of benzene rings is 1. The van der Waals surface area contributed by atoms with E-state index in [1.54, 1.807) is 7.11 Å². The summed E-state index contributed by atoms with van der Waals surface area (Å²) < 4.78 is 11.1. The van der Waals surface area contributed by atoms with E-state index in [4.69, 9.17) is 9.47 Å². The quantitative estimate of drug-likeness (QED) is 0.684. The number of hydrogen-bond donors (Lipinski definition) is 1. The van der Waals surface area contributed by atoms with Crippen molar-refractivity contribution < 1.29 is 14.6 Å². The number of aliphatic hydroxyl groups is 1. The highest BCUT2D eigenvalue weighted by Gasteiger charge is 2.11. The Morgan fingerprint density at radius 2 is 1.89 bits per heavy atom. The van der Waals surface area contributed by atoms with Crippen molar-refractivity contribution in [2.24, 2.45) is 0 Å². The second-order valence-electron chi connectivity index (χ2n) is 4.77. The third-order valence-electron chi connectivity index (χ3n) is 3.14. The van der Waals surface area contributed by atoms with E-state index < -0.39 is 6.10 Å². The van der Waals surface area contributed by atoms with Crippen molar-refractivity contribution in [2.75, 3.05) is 13.7 Å². The van der Waals surface area contributed by atoms with Gasteiger partial charge < -0.3 is 14.6 Å². The molecule has 1 aromatic rings. The van der Waals surface area contributed by atoms with Crippen LogP contribution in [0.1, 0.15) is 57.6 Å². The molecule has 0 aliphatic rings. The Morgan fingerprint density at radius 3 is 2.53 bits per heavy atom. The van der Waals surface area contributed by atoms with E-state index in [0.717, 1.165) is 30.6 Å². The third-order valence-corrected chi connectivity index (χ3v) is 3.14. The lowest BCUT2D eigenvalue weighted by Crippen LogP contribution is -2.02. The zero-order valence-corrected chi connectivity index (χ0v) is 12.3. The summed E-state index contributed by atoms with van der Waals surface area (Å²) in [6.07, 6.45) is 4.71. The fraction of sp³-hybridized carbons (Fsp3) is 0.625. The molecule has 0 bridgehead atoms. The molecular weight excluding hydrogens is 240 g/mol. The second-order valence-corrected chi connectivity index (χ2v) is 4.77. The molecule has 108 valence electrons. The molecule has 0 aliphatic carbocycles. The van der Waals surface area contributed by atoms with E-state index in [9.17, 15) is 5.11 Å². The maximum atomic E-state index is 9.98. The Kier molecular flexibility index (Phi) is 7.34. The minimum absolute atomic E-state index is 0.423. The van der Waals surface area contributed by atoms with E-state index >= 15 is 0 Å². The number of ether oxygens (including phenoxy) is 2. The Balaban J connectivity index is 2.67. The third kappa shape index (κ3) is 5.11. The maximum absolute atomic E-state index is 9.98. The molecule has 1 aromatic carbocycles. The van der Waals surface area contributed by atoms with E-state index in [0.29, 0.717) is 12.4 Å². The lowest BCUT2D eigenvalue weighted by molar-refractivity contribution is 0.166. The van der Waals surface area contributed by atoms with Crippen LogP contribution in [0.3, 0.4) is 0 Å². The van der Waals surface area contributed by atoms with Crippen molar-refractivity contribution in [3.63, 3.8) is 0 Å². The van der Waals surface area contributed by atoms with Gasteiger partial charge in [-0.05, 0) is 30.5 Å². The Hall–Kier alpha value is -1.22. The topological polar surface area (TPSA) is 38.7 Å². The van der Waals surface area contributed by atoms with Crippen molar-refractivity contribution in [2.45, 2.75) is 52.1 Å². The van der Waals surface area contributed by atoms with E-state index in [1.807, 2.05) is 18.2 Å². The van der Waals surface area contributed by atoms with Crippen LogP contribution in [0.15, 0.2) is 18.2 Å². The number of unbranched alkanes of at least 4 members (excludes halogenated alkanes) is 2. The predicted octanol–water partition coefficient (Wildman–Crippen LogP) is 4.10. The lowest BCUT2D eigenvalue weighted by atomic mass is 10.0. The highest BCUT2D eigenvalue weighted by atomic mass is 16.5. The molecule has 0 amide bonds. The van der Waals surface area contributed by atoms with E-state index in [1.165, 1.54) is 12.8 Å². The van der Waals surface area contributed by atoms with Crippen LogP contribution in [0.4, 0.5) is 0 Å². The van der Waals surface area contributed by atoms with Gasteiger partial charge in [0.2, 0.25) is 0 Å². The molecule has 1 N–H and O–H groups in total. The first kappa shape index (κ1) is 15.8. The monoisotopic (exact) mass is 266 g/mol. The summed E-state index contributed by atoms with van der Waals surface area (Å²) in [4.78, 5) is 0. The van der Waals surface area contributed by atoms with E-state index in [2.05, 4.69) is 13.8 Å². The SMILES string of the molecule is CCCCCOc1ccc(C(O)CCC)cc1OC. The Morgan fingerprint density at radius 1 is 1.11 bits per heavy atom. The fourth-order valence-electron chi connectivity index (χ4n) is 1.98. The van der Waals surface area contributed by atoms with Gasteiger partial charge >= 0.3 is 0 Å². The summed E-state index contributed by atoms with van der Waals surface area (Å²) in [6, 6.07) is 5.67. The second kappa shape index (κ2) is 8.81. The van der Waals surface area contributed by atoms with Crippen LogP contribution in [0.5, 0.6) is 11.5 Å². The number of rotatable bonds is 9. The molecule has 0 spiro atoms. The molecule has 0 fully saturated rings. The largest absolute Gasteiger partial charge is 0.493 e. The molecule has 0 aromatic heterocycles. The number of hydrogen-bond acceptors (Lipinski definition) is 3. The molecule has 1 unspecified atom stereocenters. The average molecular weight is 266 g/mol. The maximum Gasteiger partial charge on any atom is 0.161 e. The minimum Gasteiger partial charge on any atom is -0.493 e. The van der Waals surface area contributed by atoms with Crippen molar-refractivity contribution in [1.82, 2.24) is 0 Å². The van der Waals surface area contributed by atoms with Crippen LogP contribution in [0.2, 0.25) is 0 Å². The van der Waals surface area contributed by atoms with Crippen LogP contribution in [0.25, 0.3) is 0 Å². The van der Waals surface area contributed by atoms with E-state index in [-0.39, 0.29) is 0 Å². The van der Waals surface area contributed by atoms with Crippen molar-refractivity contribution in [3.8, 4) is 11.5 Å². The molecule has 19 heavy (non-hydrogen) atoms. The number of aliphatic hydroxyl groups excluding tert-OH is 1. The summed E-state index contributed by atoms with van der Waals surface area (Å²) in [5.74, 6) is 1.45. The fourth-order valence-corrected chi connectivity index (χ4v) is 1.98. The first-order valence-electron chi connectivity index (χ1n) is 7.21. The van der Waals surface area contributed by atoms with Crippen molar-refractivity contribution in [1.29, 1.82) is 0 Å². The lowest BCUT2D eigenvalue weighted by Gasteiger charge is -2.14. The van der Waals surface area contributed by atoms with Gasteiger partial charge in [0, 0.05) is 0 Å². The van der Waals surface area contributed by atoms with Gasteiger partial charge in [0.15, 0.2) is 11.5 Å². The molecular formula is C16H26O3. The van der Waals surface area contributed by atoms with Gasteiger partial charge in [0.05, 0.1) is 19.8 Å². The van der Waals surface area contributed by atoms with Gasteiger partial charge in [0.25, 0.3) is 0 Å². The molecule has 0 aliphatic heterocycles. The van der Waals surface area contributed by atoms with Gasteiger partial charge in [-0.25, -0.2) is 0 Å². The van der Waals surface area contributed by atoms with Crippen LogP contribution >= 0.6 is 0 Å². The highest BCUT2D eigenvalue weighted by molar-refractivity contribution is 5.43. The average Bonchev–Trinajstić information content (AvgIpc) is 2.44. The van der Waals surface area contributed by atoms with Gasteiger partial charge in [0.1, 0.15) is 0 Å². The molecule has 0 heterocycles. The zero-order chi connectivity index (χ0) is 14.1. The highest BCUT2D eigenvalue weighted by Crippen LogP contribution is 2.31. The molecule has 0 radical (unpaired) electrons. The van der Waals surface area contributed by atoms with Crippen LogP contribution in [-0.4, -0.2) is 18.8 Å². The Labute approximate surface area is 116 Å². The van der Waals surface area contributed by atoms with Crippen molar-refractivity contribution in [3.05, 3.63) is 23.8 Å².